The third-order valence-corrected chi connectivity index (χ3v) is 5.86. The number of nitrogens with one attached hydrogen (secondary N) is 1. The Bertz CT molecular complexity index is 777. The van der Waals surface area contributed by atoms with Gasteiger partial charge in [-0.3, -0.25) is 19.5 Å². The number of hydrogen-bond donors (Lipinski definition) is 1. The molecule has 0 radical (unpaired) electrons. The fourth-order valence-electron chi connectivity index (χ4n) is 3.44. The Morgan fingerprint density at radius 1 is 1.37 bits per heavy atom. The van der Waals surface area contributed by atoms with Gasteiger partial charge in [-0.05, 0) is 50.6 Å². The number of likely N-dealkylation sites (N-methyl/N-ethyl adjacent to an activating group) is 1. The van der Waals surface area contributed by atoms with Crippen LogP contribution in [0.15, 0.2) is 36.7 Å². The van der Waals surface area contributed by atoms with Crippen LogP contribution in [0.4, 0.5) is 0 Å². The lowest BCUT2D eigenvalue weighted by atomic mass is 10.2. The summed E-state index contributed by atoms with van der Waals surface area (Å²) in [6.45, 7) is 4.37. The number of hydrogen-bond acceptors (Lipinski definition) is 5. The number of amides is 2. The normalized spacial score (nSPS) is 16.7. The van der Waals surface area contributed by atoms with Gasteiger partial charge < -0.3 is 10.2 Å². The topological polar surface area (TPSA) is 65.5 Å². The Hall–Kier alpha value is -2.25. The summed E-state index contributed by atoms with van der Waals surface area (Å²) in [5, 5.41) is 2.83. The first kappa shape index (κ1) is 19.5. The van der Waals surface area contributed by atoms with Gasteiger partial charge in [0.1, 0.15) is 0 Å². The highest BCUT2D eigenvalue weighted by atomic mass is 32.1. The molecule has 1 atom stereocenters. The van der Waals surface area contributed by atoms with Crippen molar-refractivity contribution in [3.63, 3.8) is 0 Å². The van der Waals surface area contributed by atoms with Gasteiger partial charge in [0, 0.05) is 36.9 Å². The summed E-state index contributed by atoms with van der Waals surface area (Å²) < 4.78 is 0. The van der Waals surface area contributed by atoms with Gasteiger partial charge >= 0.3 is 0 Å². The van der Waals surface area contributed by atoms with Crippen molar-refractivity contribution in [2.75, 3.05) is 26.7 Å². The highest BCUT2D eigenvalue weighted by Gasteiger charge is 2.31. The molecule has 0 spiro atoms. The van der Waals surface area contributed by atoms with Crippen LogP contribution < -0.4 is 5.32 Å². The Balaban J connectivity index is 1.62. The summed E-state index contributed by atoms with van der Waals surface area (Å²) in [4.78, 5) is 34.8. The van der Waals surface area contributed by atoms with Crippen LogP contribution in [0.1, 0.15) is 45.9 Å². The van der Waals surface area contributed by atoms with Gasteiger partial charge in [0.2, 0.25) is 5.91 Å². The molecule has 27 heavy (non-hydrogen) atoms. The molecule has 3 heterocycles. The van der Waals surface area contributed by atoms with Crippen molar-refractivity contribution in [2.45, 2.75) is 32.4 Å². The van der Waals surface area contributed by atoms with E-state index in [1.165, 1.54) is 11.3 Å². The van der Waals surface area contributed by atoms with Crippen LogP contribution in [-0.2, 0) is 11.3 Å². The van der Waals surface area contributed by atoms with E-state index < -0.39 is 0 Å². The van der Waals surface area contributed by atoms with Gasteiger partial charge in [0.25, 0.3) is 5.91 Å². The number of aromatic nitrogens is 1. The second-order valence-electron chi connectivity index (χ2n) is 6.84. The van der Waals surface area contributed by atoms with Gasteiger partial charge in [-0.15, -0.1) is 11.3 Å². The molecule has 1 N–H and O–H groups in total. The molecule has 0 bridgehead atoms. The lowest BCUT2D eigenvalue weighted by molar-refractivity contribution is -0.133. The Morgan fingerprint density at radius 2 is 2.22 bits per heavy atom. The molecule has 2 aromatic heterocycles. The standard InChI is InChI=1S/C20H26N4O2S/c1-3-22-20(26)18-9-8-17(27-18)16-7-5-11-24(16)19(25)14-23(2)13-15-6-4-10-21-12-15/h4,6,8-10,12,16H,3,5,7,11,13-14H2,1-2H3,(H,22,26)/t16-/m1/s1. The molecule has 0 saturated carbocycles. The number of carbonyl (C=O) groups is 2. The Morgan fingerprint density at radius 3 is 2.96 bits per heavy atom. The molecule has 2 amide bonds. The van der Waals surface area contributed by atoms with Crippen molar-refractivity contribution in [3.05, 3.63) is 52.0 Å². The molecular weight excluding hydrogens is 360 g/mol. The second-order valence-corrected chi connectivity index (χ2v) is 7.96. The van der Waals surface area contributed by atoms with E-state index in [2.05, 4.69) is 10.3 Å². The number of carbonyl (C=O) groups excluding carboxylic acids is 2. The van der Waals surface area contributed by atoms with Crippen LogP contribution in [0, 0.1) is 0 Å². The zero-order valence-electron chi connectivity index (χ0n) is 15.9. The highest BCUT2D eigenvalue weighted by Crippen LogP contribution is 2.36. The van der Waals surface area contributed by atoms with E-state index in [0.717, 1.165) is 29.8 Å². The summed E-state index contributed by atoms with van der Waals surface area (Å²) >= 11 is 1.49. The molecule has 1 aliphatic rings. The zero-order chi connectivity index (χ0) is 19.2. The van der Waals surface area contributed by atoms with Crippen molar-refractivity contribution in [1.82, 2.24) is 20.1 Å². The second kappa shape index (κ2) is 9.10. The first-order chi connectivity index (χ1) is 13.1. The summed E-state index contributed by atoms with van der Waals surface area (Å²) in [6, 6.07) is 7.86. The van der Waals surface area contributed by atoms with Crippen molar-refractivity contribution in [2.24, 2.45) is 0 Å². The Kier molecular flexibility index (Phi) is 6.58. The number of thiophene rings is 1. The fourth-order valence-corrected chi connectivity index (χ4v) is 4.52. The number of likely N-dealkylation sites (tertiary alicyclic amines) is 1. The average molecular weight is 387 g/mol. The van der Waals surface area contributed by atoms with E-state index in [1.54, 1.807) is 6.20 Å². The van der Waals surface area contributed by atoms with Crippen LogP contribution >= 0.6 is 11.3 Å². The maximum absolute atomic E-state index is 12.9. The smallest absolute Gasteiger partial charge is 0.261 e. The predicted octanol–water partition coefficient (Wildman–Crippen LogP) is 2.69. The number of nitrogens with zero attached hydrogens (tertiary/aromatic N) is 3. The lowest BCUT2D eigenvalue weighted by Crippen LogP contribution is -2.38. The van der Waals surface area contributed by atoms with Gasteiger partial charge in [-0.1, -0.05) is 6.07 Å². The number of rotatable bonds is 7. The van der Waals surface area contributed by atoms with Crippen molar-refractivity contribution in [3.8, 4) is 0 Å². The molecule has 1 saturated heterocycles. The van der Waals surface area contributed by atoms with Crippen LogP contribution in [0.2, 0.25) is 0 Å². The van der Waals surface area contributed by atoms with Crippen LogP contribution in [-0.4, -0.2) is 53.3 Å². The summed E-state index contributed by atoms with van der Waals surface area (Å²) in [5.41, 5.74) is 1.09. The summed E-state index contributed by atoms with van der Waals surface area (Å²) in [5.74, 6) is 0.0951. The zero-order valence-corrected chi connectivity index (χ0v) is 16.7. The minimum atomic E-state index is -0.0409. The van der Waals surface area contributed by atoms with Gasteiger partial charge in [-0.2, -0.15) is 0 Å². The van der Waals surface area contributed by atoms with E-state index in [0.29, 0.717) is 24.5 Å². The average Bonchev–Trinajstić information content (AvgIpc) is 3.32. The van der Waals surface area contributed by atoms with Crippen LogP contribution in [0.25, 0.3) is 0 Å². The van der Waals surface area contributed by atoms with Crippen molar-refractivity contribution >= 4 is 23.2 Å². The molecule has 1 fully saturated rings. The molecule has 1 aliphatic heterocycles. The quantitative estimate of drug-likeness (QED) is 0.795. The van der Waals surface area contributed by atoms with Crippen molar-refractivity contribution in [1.29, 1.82) is 0 Å². The largest absolute Gasteiger partial charge is 0.352 e. The molecule has 3 rings (SSSR count). The highest BCUT2D eigenvalue weighted by molar-refractivity contribution is 7.14. The van der Waals surface area contributed by atoms with E-state index in [1.807, 2.05) is 54.2 Å². The SMILES string of the molecule is CCNC(=O)c1ccc([C@H]2CCCN2C(=O)CN(C)Cc2cccnc2)s1. The monoisotopic (exact) mass is 386 g/mol. The fraction of sp³-hybridized carbons (Fsp3) is 0.450. The predicted molar refractivity (Wildman–Crippen MR) is 107 cm³/mol. The third kappa shape index (κ3) is 4.93. The molecule has 2 aromatic rings. The first-order valence-corrected chi connectivity index (χ1v) is 10.1. The van der Waals surface area contributed by atoms with E-state index >= 15 is 0 Å². The van der Waals surface area contributed by atoms with E-state index in [4.69, 9.17) is 0 Å². The lowest BCUT2D eigenvalue weighted by Gasteiger charge is -2.26. The van der Waals surface area contributed by atoms with Gasteiger partial charge in [0.05, 0.1) is 17.5 Å². The van der Waals surface area contributed by atoms with Crippen LogP contribution in [0.5, 0.6) is 0 Å². The minimum Gasteiger partial charge on any atom is -0.352 e. The van der Waals surface area contributed by atoms with E-state index in [9.17, 15) is 9.59 Å². The molecule has 0 aliphatic carbocycles. The Labute approximate surface area is 164 Å². The number of pyridine rings is 1. The minimum absolute atomic E-state index is 0.0409. The van der Waals surface area contributed by atoms with Gasteiger partial charge in [0.15, 0.2) is 0 Å². The molecule has 7 heteroatoms. The molecule has 6 nitrogen and oxygen atoms in total. The molecule has 0 aromatic carbocycles. The van der Waals surface area contributed by atoms with Gasteiger partial charge in [-0.25, -0.2) is 0 Å². The maximum atomic E-state index is 12.9. The first-order valence-electron chi connectivity index (χ1n) is 9.33. The third-order valence-electron chi connectivity index (χ3n) is 4.67. The van der Waals surface area contributed by atoms with Crippen molar-refractivity contribution < 1.29 is 9.59 Å². The van der Waals surface area contributed by atoms with E-state index in [-0.39, 0.29) is 17.9 Å². The summed E-state index contributed by atoms with van der Waals surface area (Å²) in [7, 11) is 1.95. The molecule has 144 valence electrons. The molecule has 0 unspecified atom stereocenters. The summed E-state index contributed by atoms with van der Waals surface area (Å²) in [6.07, 6.45) is 5.53. The van der Waals surface area contributed by atoms with Crippen LogP contribution in [0.3, 0.4) is 0 Å². The maximum Gasteiger partial charge on any atom is 0.261 e. The molecular formula is C20H26N4O2S.